The minimum absolute atomic E-state index is 0.234. The van der Waals surface area contributed by atoms with Gasteiger partial charge in [0, 0.05) is 41.5 Å². The zero-order valence-corrected chi connectivity index (χ0v) is 23.8. The predicted octanol–water partition coefficient (Wildman–Crippen LogP) is 8.85. The number of carbonyl (C=O) groups is 1. The van der Waals surface area contributed by atoms with Gasteiger partial charge in [0.1, 0.15) is 17.3 Å². The number of rotatable bonds is 9. The number of aryl methyl sites for hydroxylation is 1. The van der Waals surface area contributed by atoms with Crippen molar-refractivity contribution >= 4 is 23.0 Å². The second kappa shape index (κ2) is 10.9. The molecule has 0 aromatic heterocycles. The second-order valence-electron chi connectivity index (χ2n) is 10.8. The molecule has 6 heteroatoms. The maximum atomic E-state index is 15.5. The lowest BCUT2D eigenvalue weighted by Gasteiger charge is -2.36. The molecule has 0 saturated heterocycles. The Bertz CT molecular complexity index is 1610. The molecule has 2 aliphatic rings. The highest BCUT2D eigenvalue weighted by Crippen LogP contribution is 2.56. The minimum Gasteiger partial charge on any atom is -0.456 e. The summed E-state index contributed by atoms with van der Waals surface area (Å²) in [5.41, 5.74) is 4.86. The van der Waals surface area contributed by atoms with Crippen molar-refractivity contribution in [3.63, 3.8) is 0 Å². The summed E-state index contributed by atoms with van der Waals surface area (Å²) >= 11 is 0. The molecule has 4 aromatic rings. The largest absolute Gasteiger partial charge is 0.456 e. The number of ether oxygens (including phenoxy) is 2. The van der Waals surface area contributed by atoms with Crippen LogP contribution in [0.3, 0.4) is 0 Å². The van der Waals surface area contributed by atoms with Gasteiger partial charge in [-0.2, -0.15) is 0 Å². The molecule has 210 valence electrons. The van der Waals surface area contributed by atoms with Gasteiger partial charge in [0.15, 0.2) is 5.60 Å². The number of hydrogen-bond acceptors (Lipinski definition) is 5. The second-order valence-corrected chi connectivity index (χ2v) is 10.8. The van der Waals surface area contributed by atoms with Crippen molar-refractivity contribution in [1.82, 2.24) is 0 Å². The van der Waals surface area contributed by atoms with E-state index in [2.05, 4.69) is 24.1 Å². The third-order valence-electron chi connectivity index (χ3n) is 8.10. The Labute approximate surface area is 240 Å². The molecule has 2 heterocycles. The number of halogens is 1. The molecule has 6 rings (SSSR count). The Kier molecular flexibility index (Phi) is 7.16. The number of fused-ring (bicyclic) bond motifs is 6. The van der Waals surface area contributed by atoms with Crippen molar-refractivity contribution < 1.29 is 18.7 Å². The molecule has 1 unspecified atom stereocenters. The van der Waals surface area contributed by atoms with E-state index in [1.54, 1.807) is 12.1 Å². The molecular formula is C35H35FN2O3. The summed E-state index contributed by atoms with van der Waals surface area (Å²) < 4.78 is 28.2. The number of carbonyl (C=O) groups excluding carboxylic acids is 1. The maximum absolute atomic E-state index is 15.5. The summed E-state index contributed by atoms with van der Waals surface area (Å²) in [7, 11) is 0. The Hall–Kier alpha value is -4.32. The first-order chi connectivity index (χ1) is 20.0. The molecule has 0 radical (unpaired) electrons. The number of esters is 1. The van der Waals surface area contributed by atoms with Crippen LogP contribution in [0.5, 0.6) is 11.5 Å². The molecule has 0 bridgehead atoms. The number of hydrogen-bond donors (Lipinski definition) is 1. The number of unbranched alkanes of at least 4 members (excludes halogenated alkanes) is 2. The van der Waals surface area contributed by atoms with Crippen LogP contribution in [0.4, 0.5) is 21.5 Å². The van der Waals surface area contributed by atoms with Gasteiger partial charge in [-0.1, -0.05) is 69.2 Å². The van der Waals surface area contributed by atoms with Gasteiger partial charge >= 0.3 is 5.97 Å². The molecule has 1 atom stereocenters. The van der Waals surface area contributed by atoms with Crippen LogP contribution in [-0.2, 0) is 10.3 Å². The Morgan fingerprint density at radius 2 is 1.51 bits per heavy atom. The van der Waals surface area contributed by atoms with Crippen LogP contribution in [0.1, 0.15) is 72.1 Å². The average Bonchev–Trinajstić information content (AvgIpc) is 3.28. The van der Waals surface area contributed by atoms with Gasteiger partial charge in [-0.25, -0.2) is 9.18 Å². The van der Waals surface area contributed by atoms with E-state index in [0.717, 1.165) is 72.4 Å². The zero-order valence-electron chi connectivity index (χ0n) is 23.8. The van der Waals surface area contributed by atoms with E-state index in [1.165, 1.54) is 0 Å². The van der Waals surface area contributed by atoms with Crippen molar-refractivity contribution in [1.29, 1.82) is 0 Å². The molecule has 41 heavy (non-hydrogen) atoms. The maximum Gasteiger partial charge on any atom is 0.340 e. The summed E-state index contributed by atoms with van der Waals surface area (Å²) in [6.07, 6.45) is 4.06. The third kappa shape index (κ3) is 4.51. The van der Waals surface area contributed by atoms with Gasteiger partial charge in [0.2, 0.25) is 0 Å². The van der Waals surface area contributed by atoms with Crippen LogP contribution in [0.15, 0.2) is 78.9 Å². The molecule has 1 spiro atoms. The number of nitrogens with one attached hydrogen (secondary N) is 1. The highest BCUT2D eigenvalue weighted by molar-refractivity contribution is 5.97. The predicted molar refractivity (Wildman–Crippen MR) is 161 cm³/mol. The smallest absolute Gasteiger partial charge is 0.340 e. The monoisotopic (exact) mass is 550 g/mol. The lowest BCUT2D eigenvalue weighted by atomic mass is 9.77. The molecule has 0 aliphatic carbocycles. The quantitative estimate of drug-likeness (QED) is 0.211. The highest BCUT2D eigenvalue weighted by Gasteiger charge is 2.53. The van der Waals surface area contributed by atoms with Gasteiger partial charge in [0.25, 0.3) is 0 Å². The molecule has 0 saturated carbocycles. The number of nitrogens with zero attached hydrogens (tertiary/aromatic N) is 1. The topological polar surface area (TPSA) is 50.8 Å². The van der Waals surface area contributed by atoms with E-state index < -0.39 is 5.60 Å². The lowest BCUT2D eigenvalue weighted by Crippen LogP contribution is -2.33. The van der Waals surface area contributed by atoms with Crippen molar-refractivity contribution in [2.45, 2.75) is 52.1 Å². The van der Waals surface area contributed by atoms with Crippen molar-refractivity contribution in [3.8, 4) is 11.5 Å². The zero-order chi connectivity index (χ0) is 28.6. The normalized spacial score (nSPS) is 16.4. The van der Waals surface area contributed by atoms with E-state index in [0.29, 0.717) is 22.7 Å². The van der Waals surface area contributed by atoms with E-state index in [-0.39, 0.29) is 11.8 Å². The van der Waals surface area contributed by atoms with Crippen LogP contribution in [0, 0.1) is 12.7 Å². The average molecular weight is 551 g/mol. The lowest BCUT2D eigenvalue weighted by molar-refractivity contribution is 0.0224. The van der Waals surface area contributed by atoms with Gasteiger partial charge in [-0.05, 0) is 55.7 Å². The first kappa shape index (κ1) is 26.9. The van der Waals surface area contributed by atoms with Crippen LogP contribution < -0.4 is 15.0 Å². The molecule has 0 fully saturated rings. The fourth-order valence-corrected chi connectivity index (χ4v) is 6.01. The summed E-state index contributed by atoms with van der Waals surface area (Å²) in [4.78, 5) is 15.2. The fourth-order valence-electron chi connectivity index (χ4n) is 6.01. The standard InChI is InChI=1S/C35H35FN2O3/c1-4-6-20-38(21-7-5-2)33-29(36)19-16-23(3)32(33)37-24-17-18-28-31(22-24)40-30-15-11-10-14-27(30)35(28)26-13-9-8-12-25(26)34(39)41-35/h8-19,22,37H,4-7,20-21H2,1-3H3. The summed E-state index contributed by atoms with van der Waals surface area (Å²) in [5, 5.41) is 3.53. The Balaban J connectivity index is 1.44. The van der Waals surface area contributed by atoms with Crippen molar-refractivity contribution in [3.05, 3.63) is 112 Å². The van der Waals surface area contributed by atoms with E-state index >= 15 is 4.39 Å². The summed E-state index contributed by atoms with van der Waals surface area (Å²) in [6.45, 7) is 7.90. The number of anilines is 3. The first-order valence-electron chi connectivity index (χ1n) is 14.5. The Morgan fingerprint density at radius 3 is 2.27 bits per heavy atom. The molecular weight excluding hydrogens is 515 g/mol. The summed E-state index contributed by atoms with van der Waals surface area (Å²) in [6, 6.07) is 24.4. The van der Waals surface area contributed by atoms with Gasteiger partial charge in [0.05, 0.1) is 16.9 Å². The van der Waals surface area contributed by atoms with E-state index in [9.17, 15) is 4.79 Å². The van der Waals surface area contributed by atoms with E-state index in [4.69, 9.17) is 9.47 Å². The van der Waals surface area contributed by atoms with Crippen molar-refractivity contribution in [2.24, 2.45) is 0 Å². The molecule has 5 nitrogen and oxygen atoms in total. The highest BCUT2D eigenvalue weighted by atomic mass is 19.1. The van der Waals surface area contributed by atoms with Gasteiger partial charge < -0.3 is 19.7 Å². The number of benzene rings is 4. The van der Waals surface area contributed by atoms with Crippen LogP contribution in [0.2, 0.25) is 0 Å². The minimum atomic E-state index is -1.10. The molecule has 1 N–H and O–H groups in total. The fraction of sp³-hybridized carbons (Fsp3) is 0.286. The van der Waals surface area contributed by atoms with Crippen LogP contribution in [0.25, 0.3) is 0 Å². The van der Waals surface area contributed by atoms with Crippen molar-refractivity contribution in [2.75, 3.05) is 23.3 Å². The third-order valence-corrected chi connectivity index (χ3v) is 8.10. The van der Waals surface area contributed by atoms with Gasteiger partial charge in [-0.15, -0.1) is 0 Å². The van der Waals surface area contributed by atoms with Gasteiger partial charge in [-0.3, -0.25) is 0 Å². The Morgan fingerprint density at radius 1 is 0.829 bits per heavy atom. The SMILES string of the molecule is CCCCN(CCCC)c1c(F)ccc(C)c1Nc1ccc2c(c1)Oc1ccccc1C21OC(=O)c2ccccc21. The molecule has 2 aliphatic heterocycles. The van der Waals surface area contributed by atoms with Crippen LogP contribution in [-0.4, -0.2) is 19.1 Å². The van der Waals surface area contributed by atoms with Crippen LogP contribution >= 0.6 is 0 Å². The summed E-state index contributed by atoms with van der Waals surface area (Å²) in [5.74, 6) is 0.629. The number of para-hydroxylation sites is 1. The molecule has 4 aromatic carbocycles. The first-order valence-corrected chi connectivity index (χ1v) is 14.5. The van der Waals surface area contributed by atoms with E-state index in [1.807, 2.05) is 73.7 Å². The molecule has 0 amide bonds.